The first-order valence-electron chi connectivity index (χ1n) is 12.6. The minimum absolute atomic E-state index is 0.0910. The van der Waals surface area contributed by atoms with Gasteiger partial charge in [-0.3, -0.25) is 9.36 Å². The highest BCUT2D eigenvalue weighted by atomic mass is 35.5. The number of ether oxygens (including phenoxy) is 4. The fraction of sp³-hybridized carbons (Fsp3) is 0.310. The summed E-state index contributed by atoms with van der Waals surface area (Å²) in [7, 11) is 1.52. The summed E-state index contributed by atoms with van der Waals surface area (Å²) in [6.45, 7) is 7.12. The molecule has 0 bridgehead atoms. The number of fused-ring (bicyclic) bond motifs is 1. The van der Waals surface area contributed by atoms with Crippen LogP contribution in [0.4, 0.5) is 0 Å². The number of thiazole rings is 1. The largest absolute Gasteiger partial charge is 0.493 e. The molecule has 41 heavy (non-hydrogen) atoms. The number of halogens is 2. The lowest BCUT2D eigenvalue weighted by Crippen LogP contribution is -2.40. The molecule has 0 unspecified atom stereocenters. The molecule has 1 aliphatic rings. The molecule has 0 amide bonds. The molecule has 2 heterocycles. The second-order valence-electron chi connectivity index (χ2n) is 9.13. The number of carbonyl (C=O) groups excluding carboxylic acids is 1. The van der Waals surface area contributed by atoms with Crippen LogP contribution in [-0.4, -0.2) is 37.0 Å². The van der Waals surface area contributed by atoms with Crippen LogP contribution in [-0.2, 0) is 9.53 Å². The van der Waals surface area contributed by atoms with Crippen molar-refractivity contribution in [1.29, 1.82) is 5.26 Å². The molecule has 214 valence electrons. The van der Waals surface area contributed by atoms with Crippen LogP contribution in [0.15, 0.2) is 51.4 Å². The highest BCUT2D eigenvalue weighted by Gasteiger charge is 2.34. The lowest BCUT2D eigenvalue weighted by Gasteiger charge is -2.25. The van der Waals surface area contributed by atoms with Gasteiger partial charge < -0.3 is 18.9 Å². The minimum Gasteiger partial charge on any atom is -0.493 e. The number of methoxy groups -OCH3 is 1. The third kappa shape index (κ3) is 6.27. The van der Waals surface area contributed by atoms with Crippen molar-refractivity contribution in [1.82, 2.24) is 4.57 Å². The number of hydrogen-bond donors (Lipinski definition) is 0. The van der Waals surface area contributed by atoms with Crippen LogP contribution in [0, 0.1) is 11.3 Å². The first-order valence-corrected chi connectivity index (χ1v) is 14.2. The second kappa shape index (κ2) is 12.8. The van der Waals surface area contributed by atoms with Crippen LogP contribution in [0.3, 0.4) is 0 Å². The van der Waals surface area contributed by atoms with Gasteiger partial charge in [0.25, 0.3) is 5.56 Å². The maximum atomic E-state index is 14.0. The number of esters is 1. The normalized spacial score (nSPS) is 14.8. The summed E-state index contributed by atoms with van der Waals surface area (Å²) >= 11 is 13.7. The van der Waals surface area contributed by atoms with E-state index in [1.165, 1.54) is 17.7 Å². The van der Waals surface area contributed by atoms with Gasteiger partial charge in [-0.25, -0.2) is 9.79 Å². The fourth-order valence-corrected chi connectivity index (χ4v) is 6.00. The van der Waals surface area contributed by atoms with Crippen LogP contribution >= 0.6 is 34.5 Å². The third-order valence-corrected chi connectivity index (χ3v) is 7.47. The average molecular weight is 617 g/mol. The molecule has 0 spiro atoms. The fourth-order valence-electron chi connectivity index (χ4n) is 4.40. The molecule has 4 rings (SSSR count). The summed E-state index contributed by atoms with van der Waals surface area (Å²) in [6, 6.07) is 9.39. The predicted molar refractivity (Wildman–Crippen MR) is 157 cm³/mol. The van der Waals surface area contributed by atoms with Crippen molar-refractivity contribution < 1.29 is 23.7 Å². The van der Waals surface area contributed by atoms with Gasteiger partial charge in [0.2, 0.25) is 0 Å². The Kier molecular flexibility index (Phi) is 9.43. The number of nitrogens with zero attached hydrogens (tertiary/aromatic N) is 3. The number of carbonyl (C=O) groups is 1. The number of benzene rings is 2. The zero-order valence-corrected chi connectivity index (χ0v) is 25.3. The smallest absolute Gasteiger partial charge is 0.338 e. The van der Waals surface area contributed by atoms with Crippen molar-refractivity contribution in [3.8, 4) is 23.3 Å². The van der Waals surface area contributed by atoms with E-state index in [1.54, 1.807) is 44.2 Å². The first-order chi connectivity index (χ1) is 19.6. The van der Waals surface area contributed by atoms with Gasteiger partial charge in [0.05, 0.1) is 46.7 Å². The third-order valence-electron chi connectivity index (χ3n) is 5.99. The van der Waals surface area contributed by atoms with Gasteiger partial charge in [0.1, 0.15) is 11.8 Å². The van der Waals surface area contributed by atoms with E-state index in [1.807, 2.05) is 19.9 Å². The number of rotatable bonds is 9. The van der Waals surface area contributed by atoms with E-state index < -0.39 is 17.6 Å². The lowest BCUT2D eigenvalue weighted by molar-refractivity contribution is -0.139. The summed E-state index contributed by atoms with van der Waals surface area (Å²) < 4.78 is 24.1. The first kappa shape index (κ1) is 30.2. The SMILES string of the molecule is CCOC(=O)C1=C(C)N=c2s/c(=C/c3cc(Cl)cc(Cl)c3OCC#N)c(=O)n2[C@@H]1c1ccc(OC(C)C)c(OC)c1. The van der Waals surface area contributed by atoms with Gasteiger partial charge >= 0.3 is 5.97 Å². The molecular formula is C29H27Cl2N3O6S. The van der Waals surface area contributed by atoms with E-state index in [4.69, 9.17) is 47.4 Å². The van der Waals surface area contributed by atoms with Gasteiger partial charge in [-0.15, -0.1) is 0 Å². The van der Waals surface area contributed by atoms with E-state index in [2.05, 4.69) is 4.99 Å². The molecule has 0 aliphatic carbocycles. The van der Waals surface area contributed by atoms with Gasteiger partial charge in [-0.2, -0.15) is 5.26 Å². The van der Waals surface area contributed by atoms with Crippen LogP contribution in [0.2, 0.25) is 10.0 Å². The molecule has 1 atom stereocenters. The lowest BCUT2D eigenvalue weighted by atomic mass is 9.95. The summed E-state index contributed by atoms with van der Waals surface area (Å²) in [6.07, 6.45) is 1.49. The van der Waals surface area contributed by atoms with Crippen LogP contribution in [0.5, 0.6) is 17.2 Å². The van der Waals surface area contributed by atoms with Crippen molar-refractivity contribution in [2.24, 2.45) is 4.99 Å². The Bertz CT molecular complexity index is 1750. The van der Waals surface area contributed by atoms with Crippen molar-refractivity contribution in [3.63, 3.8) is 0 Å². The topological polar surface area (TPSA) is 112 Å². The monoisotopic (exact) mass is 615 g/mol. The summed E-state index contributed by atoms with van der Waals surface area (Å²) in [5.74, 6) is 0.612. The molecule has 0 N–H and O–H groups in total. The molecular weight excluding hydrogens is 589 g/mol. The Morgan fingerprint density at radius 2 is 2.00 bits per heavy atom. The molecule has 12 heteroatoms. The van der Waals surface area contributed by atoms with Crippen LogP contribution in [0.1, 0.15) is 44.9 Å². The van der Waals surface area contributed by atoms with E-state index in [9.17, 15) is 9.59 Å². The summed E-state index contributed by atoms with van der Waals surface area (Å²) in [4.78, 5) is 32.2. The Balaban J connectivity index is 1.97. The highest BCUT2D eigenvalue weighted by molar-refractivity contribution is 7.07. The highest BCUT2D eigenvalue weighted by Crippen LogP contribution is 2.37. The molecule has 0 radical (unpaired) electrons. The van der Waals surface area contributed by atoms with Crippen LogP contribution < -0.4 is 29.1 Å². The quantitative estimate of drug-likeness (QED) is 0.318. The molecule has 2 aromatic carbocycles. The van der Waals surface area contributed by atoms with Crippen LogP contribution in [0.25, 0.3) is 6.08 Å². The van der Waals surface area contributed by atoms with Crippen molar-refractivity contribution >= 4 is 46.6 Å². The van der Waals surface area contributed by atoms with Gasteiger partial charge in [0.15, 0.2) is 22.9 Å². The molecule has 9 nitrogen and oxygen atoms in total. The molecule has 3 aromatic rings. The molecule has 1 aliphatic heterocycles. The molecule has 0 fully saturated rings. The van der Waals surface area contributed by atoms with E-state index in [-0.39, 0.29) is 35.7 Å². The van der Waals surface area contributed by atoms with E-state index >= 15 is 0 Å². The zero-order chi connectivity index (χ0) is 29.8. The number of hydrogen-bond acceptors (Lipinski definition) is 9. The Hall–Kier alpha value is -3.78. The standard InChI is InChI=1S/C29H27Cl2N3O6S/c1-6-38-28(36)24-16(4)33-29-34(25(24)17-7-8-21(40-15(2)3)22(12-17)37-5)27(35)23(41-29)13-18-11-19(30)14-20(31)26(18)39-10-9-32/h7-8,11-15,25H,6,10H2,1-5H3/b23-13+/t25-/m1/s1. The second-order valence-corrected chi connectivity index (χ2v) is 11.0. The Morgan fingerprint density at radius 3 is 2.66 bits per heavy atom. The number of aromatic nitrogens is 1. The minimum atomic E-state index is -0.855. The zero-order valence-electron chi connectivity index (χ0n) is 23.0. The van der Waals surface area contributed by atoms with Crippen molar-refractivity contribution in [2.45, 2.75) is 39.8 Å². The van der Waals surface area contributed by atoms with Crippen molar-refractivity contribution in [2.75, 3.05) is 20.3 Å². The predicted octanol–water partition coefficient (Wildman–Crippen LogP) is 4.80. The number of allylic oxidation sites excluding steroid dienone is 1. The molecule has 0 saturated heterocycles. The average Bonchev–Trinajstić information content (AvgIpc) is 3.21. The van der Waals surface area contributed by atoms with Gasteiger partial charge in [0, 0.05) is 10.6 Å². The molecule has 1 aromatic heterocycles. The Labute approximate surface area is 250 Å². The maximum Gasteiger partial charge on any atom is 0.338 e. The van der Waals surface area contributed by atoms with Crippen molar-refractivity contribution in [3.05, 3.63) is 82.5 Å². The number of nitriles is 1. The van der Waals surface area contributed by atoms with E-state index in [0.717, 1.165) is 11.3 Å². The molecule has 0 saturated carbocycles. The van der Waals surface area contributed by atoms with Gasteiger partial charge in [-0.1, -0.05) is 40.6 Å². The summed E-state index contributed by atoms with van der Waals surface area (Å²) in [5, 5.41) is 9.52. The van der Waals surface area contributed by atoms with E-state index in [0.29, 0.717) is 42.7 Å². The maximum absolute atomic E-state index is 14.0. The Morgan fingerprint density at radius 1 is 1.24 bits per heavy atom. The summed E-state index contributed by atoms with van der Waals surface area (Å²) in [5.41, 5.74) is 1.27. The van der Waals surface area contributed by atoms with Gasteiger partial charge in [-0.05, 0) is 63.6 Å².